The number of nitrogens with zero attached hydrogens (tertiary/aromatic N) is 2. The van der Waals surface area contributed by atoms with Crippen LogP contribution in [0.3, 0.4) is 0 Å². The van der Waals surface area contributed by atoms with E-state index in [0.29, 0.717) is 19.3 Å². The van der Waals surface area contributed by atoms with Crippen molar-refractivity contribution < 1.29 is 24.5 Å². The largest absolute Gasteiger partial charge is 0.374 e. The van der Waals surface area contributed by atoms with E-state index in [1.54, 1.807) is 13.8 Å². The molecule has 2 amide bonds. The molecule has 8 heteroatoms. The Balaban J connectivity index is 2.14. The first-order valence-electron chi connectivity index (χ1n) is 8.65. The topological polar surface area (TPSA) is 116 Å². The highest BCUT2D eigenvalue weighted by atomic mass is 16.7. The van der Waals surface area contributed by atoms with E-state index >= 15 is 0 Å². The normalized spacial score (nSPS) is 43.4. The van der Waals surface area contributed by atoms with Gasteiger partial charge in [-0.05, 0) is 18.8 Å². The number of carbonyl (C=O) groups excluding carboxylic acids is 2. The Morgan fingerprint density at radius 2 is 1.96 bits per heavy atom. The number of aliphatic hydroxyl groups is 2. The Morgan fingerprint density at radius 3 is 2.50 bits per heavy atom. The van der Waals surface area contributed by atoms with E-state index < -0.39 is 35.9 Å². The van der Waals surface area contributed by atoms with Gasteiger partial charge in [-0.3, -0.25) is 25.0 Å². The maximum Gasteiger partial charge on any atom is 0.276 e. The van der Waals surface area contributed by atoms with Crippen molar-refractivity contribution in [2.75, 3.05) is 0 Å². The van der Waals surface area contributed by atoms with Crippen LogP contribution >= 0.6 is 0 Å². The van der Waals surface area contributed by atoms with Crippen LogP contribution in [0.25, 0.3) is 0 Å². The molecule has 0 spiro atoms. The predicted octanol–water partition coefficient (Wildman–Crippen LogP) is -0.460. The first-order chi connectivity index (χ1) is 11.1. The molecule has 3 fully saturated rings. The van der Waals surface area contributed by atoms with Gasteiger partial charge in [0, 0.05) is 5.92 Å². The summed E-state index contributed by atoms with van der Waals surface area (Å²) in [4.78, 5) is 28.4. The van der Waals surface area contributed by atoms with Gasteiger partial charge in [0.05, 0.1) is 0 Å². The minimum absolute atomic E-state index is 0.208. The molecule has 3 rings (SSSR count). The van der Waals surface area contributed by atoms with Crippen LogP contribution in [0.2, 0.25) is 0 Å². The van der Waals surface area contributed by atoms with Crippen molar-refractivity contribution in [2.45, 2.75) is 76.9 Å². The molecule has 6 unspecified atom stereocenters. The molecule has 3 saturated heterocycles. The number of fused-ring (bicyclic) bond motifs is 3. The fraction of sp³-hybridized carbons (Fsp3) is 0.875. The molecule has 8 nitrogen and oxygen atoms in total. The van der Waals surface area contributed by atoms with E-state index in [2.05, 4.69) is 0 Å². The molecule has 6 atom stereocenters. The number of hydrogen-bond acceptors (Lipinski definition) is 6. The molecule has 0 radical (unpaired) electrons. The molecule has 0 bridgehead atoms. The second kappa shape index (κ2) is 5.39. The predicted molar refractivity (Wildman–Crippen MR) is 83.8 cm³/mol. The van der Waals surface area contributed by atoms with Gasteiger partial charge < -0.3 is 15.1 Å². The van der Waals surface area contributed by atoms with Crippen LogP contribution < -0.4 is 5.73 Å². The van der Waals surface area contributed by atoms with Crippen molar-refractivity contribution >= 4 is 11.8 Å². The molecule has 3 heterocycles. The summed E-state index contributed by atoms with van der Waals surface area (Å²) in [7, 11) is 0. The Hall–Kier alpha value is -1.22. The Bertz CT molecular complexity index is 570. The van der Waals surface area contributed by atoms with Gasteiger partial charge in [0.1, 0.15) is 18.3 Å². The van der Waals surface area contributed by atoms with Crippen LogP contribution in [0.4, 0.5) is 0 Å². The third kappa shape index (κ3) is 2.00. The van der Waals surface area contributed by atoms with Crippen molar-refractivity contribution in [3.05, 3.63) is 0 Å². The van der Waals surface area contributed by atoms with E-state index in [0.717, 1.165) is 4.90 Å². The molecule has 4 N–H and O–H groups in total. The van der Waals surface area contributed by atoms with E-state index in [1.165, 1.54) is 4.90 Å². The van der Waals surface area contributed by atoms with Crippen molar-refractivity contribution in [2.24, 2.45) is 17.6 Å². The van der Waals surface area contributed by atoms with Crippen LogP contribution in [-0.4, -0.2) is 61.8 Å². The number of hydrogen-bond donors (Lipinski definition) is 3. The summed E-state index contributed by atoms with van der Waals surface area (Å²) in [6.45, 7) is 7.22. The lowest BCUT2D eigenvalue weighted by Gasteiger charge is -2.50. The zero-order valence-electron chi connectivity index (χ0n) is 14.6. The van der Waals surface area contributed by atoms with Crippen LogP contribution in [0.15, 0.2) is 0 Å². The highest BCUT2D eigenvalue weighted by molar-refractivity contribution is 5.95. The number of ether oxygens (including phenoxy) is 1. The number of nitrogens with two attached hydrogens (primary N) is 1. The summed E-state index contributed by atoms with van der Waals surface area (Å²) in [5.74, 6) is -3.52. The summed E-state index contributed by atoms with van der Waals surface area (Å²) in [5.41, 5.74) is 4.50. The second-order valence-electron chi connectivity index (χ2n) is 7.53. The molecule has 0 aromatic carbocycles. The average Bonchev–Trinajstić information content (AvgIpc) is 3.00. The summed E-state index contributed by atoms with van der Waals surface area (Å²) >= 11 is 0. The molecule has 0 aromatic rings. The smallest absolute Gasteiger partial charge is 0.276 e. The summed E-state index contributed by atoms with van der Waals surface area (Å²) in [6.07, 6.45) is 0.320. The monoisotopic (exact) mass is 341 g/mol. The third-order valence-electron chi connectivity index (χ3n) is 5.83. The zero-order valence-corrected chi connectivity index (χ0v) is 14.6. The lowest BCUT2D eigenvalue weighted by molar-refractivity contribution is -0.325. The Labute approximate surface area is 141 Å². The van der Waals surface area contributed by atoms with E-state index in [-0.39, 0.29) is 17.7 Å². The molecule has 0 aromatic heterocycles. The maximum absolute atomic E-state index is 13.0. The number of amides is 2. The highest BCUT2D eigenvalue weighted by Crippen LogP contribution is 2.48. The minimum atomic E-state index is -2.00. The molecule has 0 saturated carbocycles. The fourth-order valence-electron chi connectivity index (χ4n) is 4.04. The van der Waals surface area contributed by atoms with Crippen LogP contribution in [-0.2, 0) is 14.3 Å². The molecule has 0 aliphatic carbocycles. The average molecular weight is 341 g/mol. The van der Waals surface area contributed by atoms with Gasteiger partial charge in [-0.1, -0.05) is 34.1 Å². The van der Waals surface area contributed by atoms with Crippen LogP contribution in [0.1, 0.15) is 47.0 Å². The van der Waals surface area contributed by atoms with Gasteiger partial charge in [0.2, 0.25) is 11.6 Å². The van der Waals surface area contributed by atoms with Gasteiger partial charge in [0.25, 0.3) is 11.8 Å². The van der Waals surface area contributed by atoms with Gasteiger partial charge in [-0.2, -0.15) is 0 Å². The van der Waals surface area contributed by atoms with Gasteiger partial charge in [-0.15, -0.1) is 0 Å². The number of carbonyl (C=O) groups is 2. The lowest BCUT2D eigenvalue weighted by Crippen LogP contribution is -2.73. The van der Waals surface area contributed by atoms with E-state index in [9.17, 15) is 19.8 Å². The molecular formula is C16H27N3O5. The van der Waals surface area contributed by atoms with E-state index in [1.807, 2.05) is 13.8 Å². The van der Waals surface area contributed by atoms with Crippen molar-refractivity contribution in [1.82, 2.24) is 9.80 Å². The van der Waals surface area contributed by atoms with Crippen molar-refractivity contribution in [3.63, 3.8) is 0 Å². The minimum Gasteiger partial charge on any atom is -0.374 e. The SMILES string of the molecule is CCC(C)C1C(=O)N2C(O)CCC2C2(O)OC(N)(C(C)C)C(=O)N12. The highest BCUT2D eigenvalue weighted by Gasteiger charge is 2.71. The van der Waals surface area contributed by atoms with E-state index in [4.69, 9.17) is 10.5 Å². The van der Waals surface area contributed by atoms with Gasteiger partial charge in [0.15, 0.2) is 0 Å². The quantitative estimate of drug-likeness (QED) is 0.640. The molecule has 136 valence electrons. The van der Waals surface area contributed by atoms with Crippen LogP contribution in [0, 0.1) is 11.8 Å². The molecule has 3 aliphatic rings. The lowest BCUT2D eigenvalue weighted by atomic mass is 9.90. The van der Waals surface area contributed by atoms with Crippen molar-refractivity contribution in [1.29, 1.82) is 0 Å². The van der Waals surface area contributed by atoms with Gasteiger partial charge in [-0.25, -0.2) is 0 Å². The standard InChI is InChI=1S/C16H27N3O5/c1-5-9(4)12-13(21)18-10(6-7-11(18)20)16(23)19(12)14(22)15(17,24-16)8(2)3/h8-12,20,23H,5-7,17H2,1-4H3. The van der Waals surface area contributed by atoms with Crippen molar-refractivity contribution in [3.8, 4) is 0 Å². The molecule has 24 heavy (non-hydrogen) atoms. The first-order valence-corrected chi connectivity index (χ1v) is 8.65. The second-order valence-corrected chi connectivity index (χ2v) is 7.53. The third-order valence-corrected chi connectivity index (χ3v) is 5.83. The molecular weight excluding hydrogens is 314 g/mol. The number of piperazine rings is 1. The Kier molecular flexibility index (Phi) is 3.95. The molecule has 3 aliphatic heterocycles. The number of aliphatic hydroxyl groups excluding tert-OH is 1. The fourth-order valence-corrected chi connectivity index (χ4v) is 4.04. The van der Waals surface area contributed by atoms with Crippen LogP contribution in [0.5, 0.6) is 0 Å². The first kappa shape index (κ1) is 17.6. The zero-order chi connectivity index (χ0) is 18.0. The Morgan fingerprint density at radius 1 is 1.33 bits per heavy atom. The van der Waals surface area contributed by atoms with Gasteiger partial charge >= 0.3 is 0 Å². The maximum atomic E-state index is 13.0. The summed E-state index contributed by atoms with van der Waals surface area (Å²) < 4.78 is 5.75. The summed E-state index contributed by atoms with van der Waals surface area (Å²) in [5, 5.41) is 21.5. The summed E-state index contributed by atoms with van der Waals surface area (Å²) in [6, 6.07) is -1.71. The number of rotatable bonds is 3.